The SMILES string of the molecule is CC(C)[C@H](O)C(=O)/C(O)=C/[C@@H](N)/C=C\CCCCC1C=CC(O)C=C1. The molecule has 0 radical (unpaired) electrons. The maximum Gasteiger partial charge on any atom is 0.225 e. The van der Waals surface area contributed by atoms with Crippen LogP contribution in [0.3, 0.4) is 0 Å². The molecule has 0 spiro atoms. The normalized spacial score (nSPS) is 23.4. The molecule has 0 unspecified atom stereocenters. The highest BCUT2D eigenvalue weighted by atomic mass is 16.3. The minimum Gasteiger partial charge on any atom is -0.504 e. The van der Waals surface area contributed by atoms with Crippen LogP contribution < -0.4 is 5.73 Å². The summed E-state index contributed by atoms with van der Waals surface area (Å²) >= 11 is 0. The number of carbonyl (C=O) groups excluding carboxylic acids is 1. The number of rotatable bonds is 10. The Balaban J connectivity index is 2.27. The predicted molar refractivity (Wildman–Crippen MR) is 99.9 cm³/mol. The first-order chi connectivity index (χ1) is 11.8. The maximum absolute atomic E-state index is 11.7. The largest absolute Gasteiger partial charge is 0.504 e. The number of allylic oxidation sites excluding steroid dienone is 3. The molecule has 0 aromatic rings. The molecule has 0 bridgehead atoms. The van der Waals surface area contributed by atoms with E-state index in [9.17, 15) is 20.1 Å². The van der Waals surface area contributed by atoms with Crippen LogP contribution in [0.25, 0.3) is 0 Å². The van der Waals surface area contributed by atoms with Crippen LogP contribution >= 0.6 is 0 Å². The van der Waals surface area contributed by atoms with Gasteiger partial charge in [-0.3, -0.25) is 4.79 Å². The molecule has 5 N–H and O–H groups in total. The number of carbonyl (C=O) groups is 1. The molecule has 25 heavy (non-hydrogen) atoms. The third-order valence-electron chi connectivity index (χ3n) is 4.13. The summed E-state index contributed by atoms with van der Waals surface area (Å²) in [4.78, 5) is 11.7. The van der Waals surface area contributed by atoms with Gasteiger partial charge in [0.15, 0.2) is 5.76 Å². The van der Waals surface area contributed by atoms with Gasteiger partial charge in [-0.1, -0.05) is 56.7 Å². The second-order valence-corrected chi connectivity index (χ2v) is 6.82. The van der Waals surface area contributed by atoms with E-state index in [0.717, 1.165) is 25.7 Å². The first kappa shape index (κ1) is 21.4. The zero-order valence-corrected chi connectivity index (χ0v) is 15.1. The van der Waals surface area contributed by atoms with Gasteiger partial charge in [0, 0.05) is 6.04 Å². The molecule has 0 saturated heterocycles. The topological polar surface area (TPSA) is 104 Å². The van der Waals surface area contributed by atoms with E-state index < -0.39 is 29.8 Å². The molecule has 5 heteroatoms. The molecular weight excluding hydrogens is 318 g/mol. The summed E-state index contributed by atoms with van der Waals surface area (Å²) < 4.78 is 0. The molecular formula is C20H31NO4. The van der Waals surface area contributed by atoms with Crippen LogP contribution in [0.15, 0.2) is 48.3 Å². The van der Waals surface area contributed by atoms with Gasteiger partial charge in [-0.15, -0.1) is 0 Å². The van der Waals surface area contributed by atoms with Gasteiger partial charge in [0.25, 0.3) is 0 Å². The van der Waals surface area contributed by atoms with E-state index in [2.05, 4.69) is 0 Å². The van der Waals surface area contributed by atoms with E-state index in [0.29, 0.717) is 5.92 Å². The van der Waals surface area contributed by atoms with Crippen molar-refractivity contribution in [3.8, 4) is 0 Å². The fraction of sp³-hybridized carbons (Fsp3) is 0.550. The first-order valence-corrected chi connectivity index (χ1v) is 8.91. The van der Waals surface area contributed by atoms with Gasteiger partial charge in [-0.05, 0) is 37.2 Å². The Morgan fingerprint density at radius 2 is 1.84 bits per heavy atom. The van der Waals surface area contributed by atoms with Crippen molar-refractivity contribution in [3.05, 3.63) is 48.3 Å². The van der Waals surface area contributed by atoms with Crippen LogP contribution in [-0.2, 0) is 4.79 Å². The third-order valence-corrected chi connectivity index (χ3v) is 4.13. The van der Waals surface area contributed by atoms with E-state index in [-0.39, 0.29) is 5.92 Å². The monoisotopic (exact) mass is 349 g/mol. The number of aliphatic hydroxyl groups is 3. The molecule has 1 rings (SSSR count). The van der Waals surface area contributed by atoms with Crippen LogP contribution in [0.5, 0.6) is 0 Å². The Bertz CT molecular complexity index is 520. The number of nitrogens with two attached hydrogens (primary N) is 1. The molecule has 1 aliphatic rings. The lowest BCUT2D eigenvalue weighted by Crippen LogP contribution is -2.28. The molecule has 0 aromatic heterocycles. The lowest BCUT2D eigenvalue weighted by molar-refractivity contribution is -0.127. The highest BCUT2D eigenvalue weighted by molar-refractivity contribution is 5.96. The zero-order valence-electron chi connectivity index (χ0n) is 15.1. The molecule has 0 fully saturated rings. The molecule has 0 amide bonds. The first-order valence-electron chi connectivity index (χ1n) is 8.91. The van der Waals surface area contributed by atoms with Crippen molar-refractivity contribution in [2.75, 3.05) is 0 Å². The van der Waals surface area contributed by atoms with Gasteiger partial charge in [-0.2, -0.15) is 0 Å². The Hall–Kier alpha value is -1.69. The number of hydrogen-bond acceptors (Lipinski definition) is 5. The summed E-state index contributed by atoms with van der Waals surface area (Å²) in [6, 6.07) is -0.561. The summed E-state index contributed by atoms with van der Waals surface area (Å²) in [5.41, 5.74) is 5.83. The van der Waals surface area contributed by atoms with Gasteiger partial charge in [0.2, 0.25) is 5.78 Å². The van der Waals surface area contributed by atoms with Crippen molar-refractivity contribution in [1.29, 1.82) is 0 Å². The molecule has 0 aliphatic heterocycles. The molecule has 1 aliphatic carbocycles. The van der Waals surface area contributed by atoms with Crippen LogP contribution in [0.4, 0.5) is 0 Å². The summed E-state index contributed by atoms with van der Waals surface area (Å²) in [6.45, 7) is 3.41. The molecule has 2 atom stereocenters. The zero-order chi connectivity index (χ0) is 18.8. The van der Waals surface area contributed by atoms with Gasteiger partial charge in [0.05, 0.1) is 6.10 Å². The summed E-state index contributed by atoms with van der Waals surface area (Å²) in [5, 5.41) is 28.7. The Kier molecular flexibility index (Phi) is 9.42. The van der Waals surface area contributed by atoms with Crippen LogP contribution in [0.1, 0.15) is 39.5 Å². The van der Waals surface area contributed by atoms with Crippen molar-refractivity contribution >= 4 is 5.78 Å². The fourth-order valence-electron chi connectivity index (χ4n) is 2.50. The summed E-state index contributed by atoms with van der Waals surface area (Å²) in [7, 11) is 0. The quantitative estimate of drug-likeness (QED) is 0.210. The van der Waals surface area contributed by atoms with Gasteiger partial charge >= 0.3 is 0 Å². The van der Waals surface area contributed by atoms with Crippen molar-refractivity contribution in [2.45, 2.75) is 57.8 Å². The molecule has 0 saturated carbocycles. The van der Waals surface area contributed by atoms with E-state index in [1.165, 1.54) is 6.08 Å². The molecule has 140 valence electrons. The number of unbranched alkanes of at least 4 members (excludes halogenated alkanes) is 2. The Labute approximate surface area is 150 Å². The minimum absolute atomic E-state index is 0.257. The van der Waals surface area contributed by atoms with Crippen LogP contribution in [0.2, 0.25) is 0 Å². The van der Waals surface area contributed by atoms with E-state index in [1.54, 1.807) is 32.1 Å². The lowest BCUT2D eigenvalue weighted by atomic mass is 9.96. The van der Waals surface area contributed by atoms with Crippen molar-refractivity contribution in [3.63, 3.8) is 0 Å². The van der Waals surface area contributed by atoms with E-state index >= 15 is 0 Å². The maximum atomic E-state index is 11.7. The summed E-state index contributed by atoms with van der Waals surface area (Å²) in [6.07, 6.45) is 15.0. The molecule has 0 heterocycles. The van der Waals surface area contributed by atoms with Crippen molar-refractivity contribution < 1.29 is 20.1 Å². The smallest absolute Gasteiger partial charge is 0.225 e. The van der Waals surface area contributed by atoms with Crippen molar-refractivity contribution in [2.24, 2.45) is 17.6 Å². The lowest BCUT2D eigenvalue weighted by Gasteiger charge is -2.13. The Morgan fingerprint density at radius 3 is 2.44 bits per heavy atom. The number of ketones is 1. The fourth-order valence-corrected chi connectivity index (χ4v) is 2.50. The van der Waals surface area contributed by atoms with Gasteiger partial charge < -0.3 is 21.1 Å². The summed E-state index contributed by atoms with van der Waals surface area (Å²) in [5.74, 6) is -1.05. The third kappa shape index (κ3) is 8.29. The second-order valence-electron chi connectivity index (χ2n) is 6.82. The molecule has 0 aromatic carbocycles. The van der Waals surface area contributed by atoms with E-state index in [1.807, 2.05) is 18.2 Å². The second kappa shape index (κ2) is 11.0. The van der Waals surface area contributed by atoms with E-state index in [4.69, 9.17) is 5.73 Å². The van der Waals surface area contributed by atoms with Gasteiger partial charge in [0.1, 0.15) is 6.10 Å². The molecule has 5 nitrogen and oxygen atoms in total. The average molecular weight is 349 g/mol. The Morgan fingerprint density at radius 1 is 1.20 bits per heavy atom. The van der Waals surface area contributed by atoms with Crippen LogP contribution in [0, 0.1) is 11.8 Å². The predicted octanol–water partition coefficient (Wildman–Crippen LogP) is 2.56. The van der Waals surface area contributed by atoms with Crippen molar-refractivity contribution in [1.82, 2.24) is 0 Å². The van der Waals surface area contributed by atoms with Crippen LogP contribution in [-0.4, -0.2) is 39.4 Å². The standard InChI is InChI=1S/C20H31NO4/c1-14(2)19(24)20(25)18(23)13-16(21)8-6-4-3-5-7-15-9-11-17(22)12-10-15/h6,8-17,19,22-24H,3-5,7,21H2,1-2H3/b8-6-,18-13-/t15?,16-,17?,19-/m0/s1. The number of Topliss-reactive ketones (excluding diaryl/α,β-unsaturated/α-hetero) is 1. The highest BCUT2D eigenvalue weighted by Crippen LogP contribution is 2.17. The van der Waals surface area contributed by atoms with Gasteiger partial charge in [-0.25, -0.2) is 0 Å². The number of aliphatic hydroxyl groups excluding tert-OH is 3. The minimum atomic E-state index is -1.21. The average Bonchev–Trinajstić information content (AvgIpc) is 2.57. The number of hydrogen-bond donors (Lipinski definition) is 4. The highest BCUT2D eigenvalue weighted by Gasteiger charge is 2.22.